The Morgan fingerprint density at radius 3 is 2.39 bits per heavy atom. The van der Waals surface area contributed by atoms with Gasteiger partial charge in [-0.25, -0.2) is 0 Å². The minimum Gasteiger partial charge on any atom is -0.497 e. The van der Waals surface area contributed by atoms with Crippen molar-refractivity contribution in [2.24, 2.45) is 0 Å². The number of amides is 1. The van der Waals surface area contributed by atoms with Gasteiger partial charge in [-0.2, -0.15) is 0 Å². The molecule has 1 amide bonds. The number of hydrogen-bond donors (Lipinski definition) is 0. The lowest BCUT2D eigenvalue weighted by atomic mass is 9.97. The van der Waals surface area contributed by atoms with Crippen molar-refractivity contribution in [3.05, 3.63) is 104 Å². The van der Waals surface area contributed by atoms with Crippen LogP contribution in [0.25, 0.3) is 11.0 Å². The van der Waals surface area contributed by atoms with Gasteiger partial charge in [-0.15, -0.1) is 0 Å². The number of ether oxygens (including phenoxy) is 1. The van der Waals surface area contributed by atoms with Crippen molar-refractivity contribution in [1.29, 1.82) is 0 Å². The molecule has 0 fully saturated rings. The molecule has 5 nitrogen and oxygen atoms in total. The Bertz CT molecular complexity index is 1450. The summed E-state index contributed by atoms with van der Waals surface area (Å²) >= 11 is 0. The van der Waals surface area contributed by atoms with E-state index in [0.717, 1.165) is 23.1 Å². The topological polar surface area (TPSA) is 59.8 Å². The molecule has 0 radical (unpaired) electrons. The highest BCUT2D eigenvalue weighted by Gasteiger charge is 2.43. The predicted octanol–water partition coefficient (Wildman–Crippen LogP) is 5.73. The molecule has 1 atom stereocenters. The lowest BCUT2D eigenvalue weighted by molar-refractivity contribution is 0.0971. The average Bonchev–Trinajstić information content (AvgIpc) is 3.13. The second-order valence-electron chi connectivity index (χ2n) is 8.48. The number of anilines is 1. The zero-order chi connectivity index (χ0) is 23.3. The standard InChI is InChI=1S/C28H25NO4/c1-5-18-9-11-20(12-10-18)29-25(19-7-6-8-21(15-19)32-4)24-26(30)22-13-16(2)17(3)14-23(22)33-27(24)28(29)31/h6-15,25H,5H2,1-4H3. The minimum atomic E-state index is -0.614. The lowest BCUT2D eigenvalue weighted by Crippen LogP contribution is -2.29. The van der Waals surface area contributed by atoms with Gasteiger partial charge in [0.15, 0.2) is 5.43 Å². The summed E-state index contributed by atoms with van der Waals surface area (Å²) in [6.45, 7) is 6.02. The normalized spacial score (nSPS) is 15.2. The Morgan fingerprint density at radius 2 is 1.70 bits per heavy atom. The molecule has 1 unspecified atom stereocenters. The molecule has 4 aromatic rings. The highest BCUT2D eigenvalue weighted by atomic mass is 16.5. The van der Waals surface area contributed by atoms with E-state index in [1.165, 1.54) is 5.56 Å². The Hall–Kier alpha value is -3.86. The summed E-state index contributed by atoms with van der Waals surface area (Å²) in [4.78, 5) is 29.1. The number of rotatable bonds is 4. The van der Waals surface area contributed by atoms with E-state index in [2.05, 4.69) is 6.92 Å². The first-order chi connectivity index (χ1) is 15.9. The van der Waals surface area contributed by atoms with E-state index in [-0.39, 0.29) is 17.1 Å². The molecule has 5 heteroatoms. The molecule has 0 N–H and O–H groups in total. The zero-order valence-corrected chi connectivity index (χ0v) is 19.1. The molecule has 5 rings (SSSR count). The van der Waals surface area contributed by atoms with Crippen LogP contribution in [0.1, 0.15) is 51.3 Å². The van der Waals surface area contributed by atoms with E-state index in [4.69, 9.17) is 9.15 Å². The van der Waals surface area contributed by atoms with Gasteiger partial charge in [0.1, 0.15) is 11.3 Å². The second kappa shape index (κ2) is 7.93. The smallest absolute Gasteiger partial charge is 0.295 e. The number of carbonyl (C=O) groups is 1. The van der Waals surface area contributed by atoms with Crippen LogP contribution in [-0.4, -0.2) is 13.0 Å². The summed E-state index contributed by atoms with van der Waals surface area (Å²) in [5.74, 6) is 0.439. The van der Waals surface area contributed by atoms with Crippen molar-refractivity contribution in [1.82, 2.24) is 0 Å². The van der Waals surface area contributed by atoms with Gasteiger partial charge in [0.25, 0.3) is 5.91 Å². The van der Waals surface area contributed by atoms with Gasteiger partial charge >= 0.3 is 0 Å². The summed E-state index contributed by atoms with van der Waals surface area (Å²) in [7, 11) is 1.60. The number of methoxy groups -OCH3 is 1. The van der Waals surface area contributed by atoms with Crippen LogP contribution >= 0.6 is 0 Å². The zero-order valence-electron chi connectivity index (χ0n) is 19.1. The Balaban J connectivity index is 1.80. The van der Waals surface area contributed by atoms with Gasteiger partial charge in [0, 0.05) is 5.69 Å². The van der Waals surface area contributed by atoms with Gasteiger partial charge in [0.05, 0.1) is 24.1 Å². The van der Waals surface area contributed by atoms with E-state index in [0.29, 0.717) is 28.0 Å². The van der Waals surface area contributed by atoms with Crippen molar-refractivity contribution in [3.63, 3.8) is 0 Å². The molecular formula is C28H25NO4. The number of aryl methyl sites for hydroxylation is 3. The molecule has 0 saturated heterocycles. The highest BCUT2D eigenvalue weighted by Crippen LogP contribution is 2.42. The third-order valence-corrected chi connectivity index (χ3v) is 6.52. The molecule has 0 bridgehead atoms. The fourth-order valence-corrected chi connectivity index (χ4v) is 4.51. The highest BCUT2D eigenvalue weighted by molar-refractivity contribution is 6.10. The molecule has 1 aromatic heterocycles. The third-order valence-electron chi connectivity index (χ3n) is 6.52. The molecule has 2 heterocycles. The number of benzene rings is 3. The monoisotopic (exact) mass is 439 g/mol. The maximum Gasteiger partial charge on any atom is 0.295 e. The Morgan fingerprint density at radius 1 is 0.970 bits per heavy atom. The summed E-state index contributed by atoms with van der Waals surface area (Å²) in [5, 5.41) is 0.487. The fraction of sp³-hybridized carbons (Fsp3) is 0.214. The first kappa shape index (κ1) is 21.0. The van der Waals surface area contributed by atoms with Crippen LogP contribution in [0, 0.1) is 13.8 Å². The number of hydrogen-bond acceptors (Lipinski definition) is 4. The van der Waals surface area contributed by atoms with Crippen molar-refractivity contribution < 1.29 is 13.9 Å². The summed E-state index contributed by atoms with van der Waals surface area (Å²) in [5.41, 5.74) is 5.31. The van der Waals surface area contributed by atoms with E-state index in [1.54, 1.807) is 12.0 Å². The SMILES string of the molecule is CCc1ccc(N2C(=O)c3oc4cc(C)c(C)cc4c(=O)c3C2c2cccc(OC)c2)cc1. The molecule has 0 aliphatic carbocycles. The predicted molar refractivity (Wildman–Crippen MR) is 129 cm³/mol. The van der Waals surface area contributed by atoms with Crippen LogP contribution < -0.4 is 15.1 Å². The van der Waals surface area contributed by atoms with Crippen molar-refractivity contribution >= 4 is 22.6 Å². The van der Waals surface area contributed by atoms with E-state index < -0.39 is 6.04 Å². The maximum absolute atomic E-state index is 13.8. The lowest BCUT2D eigenvalue weighted by Gasteiger charge is -2.25. The van der Waals surface area contributed by atoms with Crippen LogP contribution in [0.2, 0.25) is 0 Å². The maximum atomic E-state index is 13.8. The van der Waals surface area contributed by atoms with Gasteiger partial charge in [-0.1, -0.05) is 31.2 Å². The largest absolute Gasteiger partial charge is 0.497 e. The minimum absolute atomic E-state index is 0.100. The Kier molecular flexibility index (Phi) is 5.05. The van der Waals surface area contributed by atoms with Crippen LogP contribution in [0.3, 0.4) is 0 Å². The number of carbonyl (C=O) groups excluding carboxylic acids is 1. The van der Waals surface area contributed by atoms with E-state index >= 15 is 0 Å². The first-order valence-electron chi connectivity index (χ1n) is 11.1. The van der Waals surface area contributed by atoms with Crippen LogP contribution in [0.4, 0.5) is 5.69 Å². The molecule has 0 spiro atoms. The van der Waals surface area contributed by atoms with Crippen LogP contribution in [-0.2, 0) is 6.42 Å². The van der Waals surface area contributed by atoms with Crippen molar-refractivity contribution in [2.45, 2.75) is 33.2 Å². The molecule has 1 aliphatic heterocycles. The number of fused-ring (bicyclic) bond motifs is 2. The van der Waals surface area contributed by atoms with E-state index in [9.17, 15) is 9.59 Å². The average molecular weight is 440 g/mol. The quantitative estimate of drug-likeness (QED) is 0.407. The van der Waals surface area contributed by atoms with Crippen molar-refractivity contribution in [2.75, 3.05) is 12.0 Å². The fourth-order valence-electron chi connectivity index (χ4n) is 4.51. The molecule has 1 aliphatic rings. The van der Waals surface area contributed by atoms with Crippen LogP contribution in [0.5, 0.6) is 5.75 Å². The van der Waals surface area contributed by atoms with Gasteiger partial charge in [-0.3, -0.25) is 14.5 Å². The van der Waals surface area contributed by atoms with Gasteiger partial charge in [0.2, 0.25) is 5.76 Å². The van der Waals surface area contributed by atoms with E-state index in [1.807, 2.05) is 74.5 Å². The van der Waals surface area contributed by atoms with Gasteiger partial charge < -0.3 is 9.15 Å². The molecule has 0 saturated carbocycles. The van der Waals surface area contributed by atoms with Crippen LogP contribution in [0.15, 0.2) is 69.9 Å². The Labute approximate surface area is 192 Å². The molecular weight excluding hydrogens is 414 g/mol. The summed E-state index contributed by atoms with van der Waals surface area (Å²) in [6, 6.07) is 18.4. The summed E-state index contributed by atoms with van der Waals surface area (Å²) < 4.78 is 11.5. The molecule has 166 valence electrons. The second-order valence-corrected chi connectivity index (χ2v) is 8.48. The van der Waals surface area contributed by atoms with Gasteiger partial charge in [-0.05, 0) is 78.9 Å². The number of nitrogens with zero attached hydrogens (tertiary/aromatic N) is 1. The molecule has 3 aromatic carbocycles. The van der Waals surface area contributed by atoms with Crippen molar-refractivity contribution in [3.8, 4) is 5.75 Å². The molecule has 33 heavy (non-hydrogen) atoms. The third kappa shape index (κ3) is 3.32. The first-order valence-corrected chi connectivity index (χ1v) is 11.1. The summed E-state index contributed by atoms with van der Waals surface area (Å²) in [6.07, 6.45) is 0.901.